The number of esters is 4. The van der Waals surface area contributed by atoms with Gasteiger partial charge in [0.15, 0.2) is 12.2 Å². The van der Waals surface area contributed by atoms with Crippen LogP contribution in [0.1, 0.15) is 433 Å². The van der Waals surface area contributed by atoms with E-state index in [1.807, 2.05) is 0 Å². The summed E-state index contributed by atoms with van der Waals surface area (Å²) in [7, 11) is -9.92. The van der Waals surface area contributed by atoms with E-state index in [-0.39, 0.29) is 25.7 Å². The Hall–Kier alpha value is -1.94. The molecule has 0 aromatic carbocycles. The van der Waals surface area contributed by atoms with Crippen molar-refractivity contribution in [2.24, 2.45) is 11.8 Å². The molecule has 17 nitrogen and oxygen atoms in total. The molecule has 0 rings (SSSR count). The number of hydrogen-bond acceptors (Lipinski definition) is 15. The zero-order valence-corrected chi connectivity index (χ0v) is 68.0. The van der Waals surface area contributed by atoms with Gasteiger partial charge in [0.1, 0.15) is 19.3 Å². The van der Waals surface area contributed by atoms with Gasteiger partial charge in [-0.2, -0.15) is 0 Å². The Morgan fingerprint density at radius 2 is 0.455 bits per heavy atom. The first-order chi connectivity index (χ1) is 48.9. The van der Waals surface area contributed by atoms with E-state index >= 15 is 0 Å². The van der Waals surface area contributed by atoms with Crippen molar-refractivity contribution in [3.8, 4) is 0 Å². The van der Waals surface area contributed by atoms with Crippen molar-refractivity contribution in [3.05, 3.63) is 0 Å². The number of unbranched alkanes of at least 4 members (excludes halogenated alkanes) is 51. The molecule has 0 saturated carbocycles. The van der Waals surface area contributed by atoms with Crippen molar-refractivity contribution in [3.63, 3.8) is 0 Å². The van der Waals surface area contributed by atoms with Crippen LogP contribution in [-0.4, -0.2) is 96.7 Å². The van der Waals surface area contributed by atoms with E-state index in [1.54, 1.807) is 0 Å². The number of carbonyl (C=O) groups is 4. The molecule has 0 radical (unpaired) electrons. The second kappa shape index (κ2) is 73.6. The highest BCUT2D eigenvalue weighted by atomic mass is 31.2. The lowest BCUT2D eigenvalue weighted by Crippen LogP contribution is -2.30. The molecule has 0 aliphatic heterocycles. The Morgan fingerprint density at radius 3 is 0.673 bits per heavy atom. The van der Waals surface area contributed by atoms with Gasteiger partial charge < -0.3 is 33.8 Å². The molecular formula is C82H160O17P2. The molecule has 0 amide bonds. The van der Waals surface area contributed by atoms with Gasteiger partial charge in [-0.15, -0.1) is 0 Å². The van der Waals surface area contributed by atoms with E-state index in [0.29, 0.717) is 25.7 Å². The lowest BCUT2D eigenvalue weighted by Gasteiger charge is -2.21. The molecule has 3 N–H and O–H groups in total. The molecule has 0 fully saturated rings. The average molecular weight is 1480 g/mol. The van der Waals surface area contributed by atoms with Gasteiger partial charge in [0.25, 0.3) is 0 Å². The van der Waals surface area contributed by atoms with Crippen molar-refractivity contribution in [1.82, 2.24) is 0 Å². The summed E-state index contributed by atoms with van der Waals surface area (Å²) in [6.45, 7) is 9.61. The van der Waals surface area contributed by atoms with Gasteiger partial charge in [0.2, 0.25) is 0 Å². The van der Waals surface area contributed by atoms with Crippen molar-refractivity contribution in [2.75, 3.05) is 39.6 Å². The Kier molecular flexibility index (Phi) is 72.2. The predicted molar refractivity (Wildman–Crippen MR) is 414 cm³/mol. The molecule has 0 aromatic heterocycles. The Bertz CT molecular complexity index is 1940. The summed E-state index contributed by atoms with van der Waals surface area (Å²) in [4.78, 5) is 73.0. The summed E-state index contributed by atoms with van der Waals surface area (Å²) in [5.74, 6) is -0.600. The minimum Gasteiger partial charge on any atom is -0.462 e. The van der Waals surface area contributed by atoms with Gasteiger partial charge in [-0.05, 0) is 37.5 Å². The zero-order valence-electron chi connectivity index (χ0n) is 66.2. The molecule has 0 aliphatic carbocycles. The van der Waals surface area contributed by atoms with Gasteiger partial charge >= 0.3 is 39.5 Å². The number of rotatable bonds is 81. The average Bonchev–Trinajstić information content (AvgIpc) is 0.968. The Labute approximate surface area is 619 Å². The highest BCUT2D eigenvalue weighted by Crippen LogP contribution is 2.45. The van der Waals surface area contributed by atoms with Crippen LogP contribution in [0.4, 0.5) is 0 Å². The zero-order chi connectivity index (χ0) is 74.2. The van der Waals surface area contributed by atoms with Crippen LogP contribution in [0.3, 0.4) is 0 Å². The molecular weight excluding hydrogens is 1320 g/mol. The van der Waals surface area contributed by atoms with Gasteiger partial charge in [0.05, 0.1) is 26.4 Å². The fourth-order valence-corrected chi connectivity index (χ4v) is 14.3. The lowest BCUT2D eigenvalue weighted by molar-refractivity contribution is -0.161. The van der Waals surface area contributed by atoms with Crippen LogP contribution >= 0.6 is 15.6 Å². The van der Waals surface area contributed by atoms with E-state index in [1.165, 1.54) is 250 Å². The molecule has 101 heavy (non-hydrogen) atoms. The minimum absolute atomic E-state index is 0.107. The molecule has 5 atom stereocenters. The van der Waals surface area contributed by atoms with Gasteiger partial charge in [0, 0.05) is 25.7 Å². The summed E-state index contributed by atoms with van der Waals surface area (Å²) < 4.78 is 68.7. The minimum atomic E-state index is -4.96. The number of hydrogen-bond donors (Lipinski definition) is 3. The van der Waals surface area contributed by atoms with E-state index < -0.39 is 97.5 Å². The third-order valence-corrected chi connectivity index (χ3v) is 21.1. The predicted octanol–water partition coefficient (Wildman–Crippen LogP) is 24.7. The molecule has 19 heteroatoms. The summed E-state index contributed by atoms with van der Waals surface area (Å²) in [6.07, 6.45) is 63.9. The number of aliphatic hydroxyl groups excluding tert-OH is 1. The summed E-state index contributed by atoms with van der Waals surface area (Å²) in [5.41, 5.74) is 0. The molecule has 0 aromatic rings. The lowest BCUT2D eigenvalue weighted by atomic mass is 10.0. The summed E-state index contributed by atoms with van der Waals surface area (Å²) >= 11 is 0. The highest BCUT2D eigenvalue weighted by Gasteiger charge is 2.30. The van der Waals surface area contributed by atoms with Crippen molar-refractivity contribution in [1.29, 1.82) is 0 Å². The third kappa shape index (κ3) is 76.1. The quantitative estimate of drug-likeness (QED) is 0.0222. The first-order valence-corrected chi connectivity index (χ1v) is 45.5. The fraction of sp³-hybridized carbons (Fsp3) is 0.951. The molecule has 0 bridgehead atoms. The maximum Gasteiger partial charge on any atom is 0.472 e. The molecule has 0 spiro atoms. The SMILES string of the molecule is CCCCCCCCCCCCCCCCCCCCCCCCC(=O)O[C@H](COC(=O)CCCCCCCCCCCCCCC(C)C)COP(=O)(O)OC[C@@H](O)COP(=O)(O)OC[C@@H](COC(=O)CCCCCCCCCCC(C)C)OC(=O)CCCCCCCCCCCCCCC. The monoisotopic (exact) mass is 1480 g/mol. The second-order valence-corrected chi connectivity index (χ2v) is 33.4. The third-order valence-electron chi connectivity index (χ3n) is 19.2. The van der Waals surface area contributed by atoms with Crippen LogP contribution in [0.2, 0.25) is 0 Å². The van der Waals surface area contributed by atoms with Crippen LogP contribution in [0, 0.1) is 11.8 Å². The normalized spacial score (nSPS) is 13.9. The highest BCUT2D eigenvalue weighted by molar-refractivity contribution is 7.47. The van der Waals surface area contributed by atoms with E-state index in [0.717, 1.165) is 102 Å². The van der Waals surface area contributed by atoms with Crippen molar-refractivity contribution in [2.45, 2.75) is 452 Å². The molecule has 600 valence electrons. The van der Waals surface area contributed by atoms with E-state index in [9.17, 15) is 43.2 Å². The van der Waals surface area contributed by atoms with Crippen LogP contribution < -0.4 is 0 Å². The number of phosphoric ester groups is 2. The summed E-state index contributed by atoms with van der Waals surface area (Å²) in [6, 6.07) is 0. The van der Waals surface area contributed by atoms with Crippen LogP contribution in [0.15, 0.2) is 0 Å². The Morgan fingerprint density at radius 1 is 0.267 bits per heavy atom. The molecule has 0 saturated heterocycles. The smallest absolute Gasteiger partial charge is 0.462 e. The van der Waals surface area contributed by atoms with Crippen LogP contribution in [0.25, 0.3) is 0 Å². The number of carbonyl (C=O) groups excluding carboxylic acids is 4. The number of ether oxygens (including phenoxy) is 4. The summed E-state index contributed by atoms with van der Waals surface area (Å²) in [5, 5.41) is 10.6. The maximum atomic E-state index is 13.1. The first kappa shape index (κ1) is 99.1. The van der Waals surface area contributed by atoms with Crippen LogP contribution in [-0.2, 0) is 65.4 Å². The molecule has 0 heterocycles. The Balaban J connectivity index is 5.21. The topological polar surface area (TPSA) is 237 Å². The van der Waals surface area contributed by atoms with Gasteiger partial charge in [-0.25, -0.2) is 9.13 Å². The van der Waals surface area contributed by atoms with Crippen molar-refractivity contribution >= 4 is 39.5 Å². The van der Waals surface area contributed by atoms with Gasteiger partial charge in [-0.1, -0.05) is 382 Å². The van der Waals surface area contributed by atoms with Crippen LogP contribution in [0.5, 0.6) is 0 Å². The largest absolute Gasteiger partial charge is 0.472 e. The maximum absolute atomic E-state index is 13.1. The van der Waals surface area contributed by atoms with Crippen molar-refractivity contribution < 1.29 is 80.2 Å². The number of phosphoric acid groups is 2. The molecule has 0 aliphatic rings. The van der Waals surface area contributed by atoms with Gasteiger partial charge in [-0.3, -0.25) is 37.3 Å². The standard InChI is InChI=1S/C82H160O17P2/c1-7-9-11-13-15-17-19-21-22-23-24-25-26-27-28-29-31-37-41-49-55-61-67-82(87)98-77(70-92-79(84)64-58-52-46-39-35-33-32-34-38-44-50-56-62-74(3)4)72-96-100(88,89)94-68-76(83)69-95-101(90,91)97-73-78(71-93-80(85)65-59-53-47-43-42-45-51-57-63-75(5)6)99-81(86)66-60-54-48-40-36-30-20-18-16-14-12-10-8-2/h74-78,83H,7-73H2,1-6H3,(H,88,89)(H,90,91)/t76-,77-,78-/m1/s1. The number of aliphatic hydroxyl groups is 1. The van der Waals surface area contributed by atoms with E-state index in [4.69, 9.17) is 37.0 Å². The molecule has 2 unspecified atom stereocenters. The fourth-order valence-electron chi connectivity index (χ4n) is 12.7. The van der Waals surface area contributed by atoms with E-state index in [2.05, 4.69) is 41.5 Å². The first-order valence-electron chi connectivity index (χ1n) is 42.5. The second-order valence-electron chi connectivity index (χ2n) is 30.5.